The molecule has 0 spiro atoms. The summed E-state index contributed by atoms with van der Waals surface area (Å²) in [7, 11) is 1.88. The van der Waals surface area contributed by atoms with Crippen molar-refractivity contribution in [2.45, 2.75) is 25.3 Å². The van der Waals surface area contributed by atoms with Gasteiger partial charge in [-0.3, -0.25) is 9.48 Å². The smallest absolute Gasteiger partial charge is 0.222 e. The van der Waals surface area contributed by atoms with Gasteiger partial charge >= 0.3 is 0 Å². The van der Waals surface area contributed by atoms with Crippen molar-refractivity contribution in [3.63, 3.8) is 0 Å². The van der Waals surface area contributed by atoms with Crippen LogP contribution in [0.3, 0.4) is 0 Å². The molecule has 1 unspecified atom stereocenters. The monoisotopic (exact) mass is 208 g/mol. The maximum absolute atomic E-state index is 11.3. The molecule has 1 amide bonds. The van der Waals surface area contributed by atoms with Crippen LogP contribution in [0.5, 0.6) is 0 Å². The average Bonchev–Trinajstić information content (AvgIpc) is 2.46. The van der Waals surface area contributed by atoms with Crippen LogP contribution >= 0.6 is 0 Å². The summed E-state index contributed by atoms with van der Waals surface area (Å²) in [6, 6.07) is 0.233. The minimum Gasteiger partial charge on any atom is -0.379 e. The number of rotatable bonds is 2. The van der Waals surface area contributed by atoms with Crippen LogP contribution in [0.2, 0.25) is 0 Å². The molecule has 1 aromatic heterocycles. The van der Waals surface area contributed by atoms with Gasteiger partial charge < -0.3 is 10.6 Å². The van der Waals surface area contributed by atoms with E-state index in [4.69, 9.17) is 0 Å². The molecule has 15 heavy (non-hydrogen) atoms. The van der Waals surface area contributed by atoms with Crippen LogP contribution in [-0.4, -0.2) is 28.3 Å². The molecule has 0 aliphatic carbocycles. The van der Waals surface area contributed by atoms with Crippen LogP contribution < -0.4 is 10.6 Å². The van der Waals surface area contributed by atoms with E-state index < -0.39 is 0 Å². The first-order chi connectivity index (χ1) is 7.24. The third kappa shape index (κ3) is 2.71. The van der Waals surface area contributed by atoms with Crippen LogP contribution in [0.25, 0.3) is 0 Å². The number of carbonyl (C=O) groups is 1. The lowest BCUT2D eigenvalue weighted by Gasteiger charge is -2.14. The van der Waals surface area contributed by atoms with Crippen LogP contribution in [0.4, 0.5) is 5.69 Å². The van der Waals surface area contributed by atoms with Crippen molar-refractivity contribution >= 4 is 11.6 Å². The summed E-state index contributed by atoms with van der Waals surface area (Å²) in [5, 5.41) is 10.3. The number of aryl methyl sites for hydroxylation is 1. The lowest BCUT2D eigenvalue weighted by Crippen LogP contribution is -2.26. The zero-order valence-corrected chi connectivity index (χ0v) is 8.86. The molecule has 2 rings (SSSR count). The Morgan fingerprint density at radius 3 is 3.27 bits per heavy atom. The molecule has 1 aliphatic heterocycles. The largest absolute Gasteiger partial charge is 0.379 e. The van der Waals surface area contributed by atoms with Crippen LogP contribution in [0.15, 0.2) is 12.4 Å². The molecule has 1 atom stereocenters. The van der Waals surface area contributed by atoms with Gasteiger partial charge in [-0.15, -0.1) is 0 Å². The highest BCUT2D eigenvalue weighted by molar-refractivity contribution is 5.77. The number of hydrogen-bond donors (Lipinski definition) is 2. The van der Waals surface area contributed by atoms with Gasteiger partial charge in [-0.1, -0.05) is 0 Å². The molecule has 82 valence electrons. The summed E-state index contributed by atoms with van der Waals surface area (Å²) >= 11 is 0. The Kier molecular flexibility index (Phi) is 2.89. The topological polar surface area (TPSA) is 59.0 Å². The van der Waals surface area contributed by atoms with E-state index >= 15 is 0 Å². The maximum Gasteiger partial charge on any atom is 0.222 e. The summed E-state index contributed by atoms with van der Waals surface area (Å²) in [6.45, 7) is 0.796. The predicted octanol–water partition coefficient (Wildman–Crippen LogP) is 0.501. The molecule has 0 aromatic carbocycles. The number of nitrogens with zero attached hydrogens (tertiary/aromatic N) is 2. The number of anilines is 1. The molecular formula is C10H16N4O. The van der Waals surface area contributed by atoms with Gasteiger partial charge in [-0.2, -0.15) is 5.10 Å². The normalized spacial score (nSPS) is 21.9. The van der Waals surface area contributed by atoms with E-state index in [1.54, 1.807) is 10.9 Å². The lowest BCUT2D eigenvalue weighted by atomic mass is 10.1. The summed E-state index contributed by atoms with van der Waals surface area (Å²) in [5.41, 5.74) is 0.984. The quantitative estimate of drug-likeness (QED) is 0.744. The second-order valence-electron chi connectivity index (χ2n) is 3.94. The Morgan fingerprint density at radius 1 is 1.67 bits per heavy atom. The lowest BCUT2D eigenvalue weighted by molar-refractivity contribution is -0.120. The number of amides is 1. The van der Waals surface area contributed by atoms with Gasteiger partial charge in [0.15, 0.2) is 0 Å². The molecule has 0 radical (unpaired) electrons. The van der Waals surface area contributed by atoms with Crippen molar-refractivity contribution in [3.05, 3.63) is 12.4 Å². The first-order valence-corrected chi connectivity index (χ1v) is 5.26. The van der Waals surface area contributed by atoms with Crippen molar-refractivity contribution in [2.75, 3.05) is 11.9 Å². The fraction of sp³-hybridized carbons (Fsp3) is 0.600. The Morgan fingerprint density at radius 2 is 2.53 bits per heavy atom. The van der Waals surface area contributed by atoms with Crippen molar-refractivity contribution in [1.29, 1.82) is 0 Å². The van der Waals surface area contributed by atoms with Crippen molar-refractivity contribution in [2.24, 2.45) is 7.05 Å². The fourth-order valence-corrected chi connectivity index (χ4v) is 1.83. The highest BCUT2D eigenvalue weighted by Crippen LogP contribution is 2.13. The molecule has 0 bridgehead atoms. The number of hydrogen-bond acceptors (Lipinski definition) is 3. The first kappa shape index (κ1) is 10.0. The Bertz CT molecular complexity index is 347. The fourth-order valence-electron chi connectivity index (χ4n) is 1.83. The van der Waals surface area contributed by atoms with Crippen LogP contribution in [0.1, 0.15) is 19.3 Å². The second kappa shape index (κ2) is 4.33. The number of aromatic nitrogens is 2. The first-order valence-electron chi connectivity index (χ1n) is 5.26. The Hall–Kier alpha value is -1.52. The van der Waals surface area contributed by atoms with E-state index in [0.29, 0.717) is 6.42 Å². The summed E-state index contributed by atoms with van der Waals surface area (Å²) in [6.07, 6.45) is 6.30. The average molecular weight is 208 g/mol. The third-order valence-electron chi connectivity index (χ3n) is 2.56. The Labute approximate surface area is 88.8 Å². The minimum absolute atomic E-state index is 0.133. The molecule has 2 heterocycles. The Balaban J connectivity index is 1.95. The minimum atomic E-state index is 0.133. The predicted molar refractivity (Wildman–Crippen MR) is 57.5 cm³/mol. The van der Waals surface area contributed by atoms with Gasteiger partial charge in [0.1, 0.15) is 0 Å². The van der Waals surface area contributed by atoms with E-state index in [1.165, 1.54) is 0 Å². The standard InChI is InChI=1S/C10H16N4O/c1-14-7-9(6-12-14)13-8-3-2-4-11-10(15)5-8/h6-8,13H,2-5H2,1H3,(H,11,15). The van der Waals surface area contributed by atoms with Gasteiger partial charge in [0.2, 0.25) is 5.91 Å². The molecule has 1 saturated heterocycles. The van der Waals surface area contributed by atoms with E-state index in [0.717, 1.165) is 25.1 Å². The molecule has 0 saturated carbocycles. The van der Waals surface area contributed by atoms with Crippen molar-refractivity contribution in [3.8, 4) is 0 Å². The van der Waals surface area contributed by atoms with Crippen molar-refractivity contribution in [1.82, 2.24) is 15.1 Å². The van der Waals surface area contributed by atoms with Gasteiger partial charge in [0.25, 0.3) is 0 Å². The molecule has 2 N–H and O–H groups in total. The van der Waals surface area contributed by atoms with Crippen molar-refractivity contribution < 1.29 is 4.79 Å². The van der Waals surface area contributed by atoms with Gasteiger partial charge in [0, 0.05) is 32.3 Å². The van der Waals surface area contributed by atoms with Crippen LogP contribution in [-0.2, 0) is 11.8 Å². The maximum atomic E-state index is 11.3. The van der Waals surface area contributed by atoms with E-state index in [2.05, 4.69) is 15.7 Å². The zero-order chi connectivity index (χ0) is 10.7. The van der Waals surface area contributed by atoms with Crippen LogP contribution in [0, 0.1) is 0 Å². The van der Waals surface area contributed by atoms with Gasteiger partial charge in [-0.25, -0.2) is 0 Å². The second-order valence-corrected chi connectivity index (χ2v) is 3.94. The number of carbonyl (C=O) groups excluding carboxylic acids is 1. The highest BCUT2D eigenvalue weighted by atomic mass is 16.1. The molecule has 1 fully saturated rings. The molecule has 1 aliphatic rings. The van der Waals surface area contributed by atoms with E-state index in [9.17, 15) is 4.79 Å². The molecule has 5 nitrogen and oxygen atoms in total. The summed E-state index contributed by atoms with van der Waals surface area (Å²) in [4.78, 5) is 11.3. The molecular weight excluding hydrogens is 192 g/mol. The number of nitrogens with one attached hydrogen (secondary N) is 2. The van der Waals surface area contributed by atoms with E-state index in [1.807, 2.05) is 13.2 Å². The summed E-state index contributed by atoms with van der Waals surface area (Å²) in [5.74, 6) is 0.133. The van der Waals surface area contributed by atoms with Gasteiger partial charge in [-0.05, 0) is 12.8 Å². The highest BCUT2D eigenvalue weighted by Gasteiger charge is 2.17. The third-order valence-corrected chi connectivity index (χ3v) is 2.56. The van der Waals surface area contributed by atoms with Gasteiger partial charge in [0.05, 0.1) is 11.9 Å². The van der Waals surface area contributed by atoms with E-state index in [-0.39, 0.29) is 11.9 Å². The molecule has 1 aromatic rings. The zero-order valence-electron chi connectivity index (χ0n) is 8.86. The summed E-state index contributed by atoms with van der Waals surface area (Å²) < 4.78 is 1.75. The molecule has 5 heteroatoms. The SMILES string of the molecule is Cn1cc(NC2CCCNC(=O)C2)cn1.